The van der Waals surface area contributed by atoms with Gasteiger partial charge in [0.05, 0.1) is 18.2 Å². The third-order valence-electron chi connectivity index (χ3n) is 2.19. The fraction of sp³-hybridized carbons (Fsp3) is 0.417. The van der Waals surface area contributed by atoms with Crippen molar-refractivity contribution in [1.29, 1.82) is 0 Å². The van der Waals surface area contributed by atoms with E-state index in [4.69, 9.17) is 16.3 Å². The lowest BCUT2D eigenvalue weighted by molar-refractivity contribution is -0.117. The van der Waals surface area contributed by atoms with Gasteiger partial charge >= 0.3 is 0 Å². The Kier molecular flexibility index (Phi) is 6.11. The average molecular weight is 260 g/mol. The Morgan fingerprint density at radius 1 is 1.53 bits per heavy atom. The predicted octanol–water partition coefficient (Wildman–Crippen LogP) is 1.83. The quantitative estimate of drug-likeness (QED) is 0.760. The summed E-state index contributed by atoms with van der Waals surface area (Å²) in [5.41, 5.74) is 0.718. The number of benzene rings is 1. The van der Waals surface area contributed by atoms with Crippen LogP contribution >= 0.6 is 11.6 Å². The van der Waals surface area contributed by atoms with Gasteiger partial charge in [-0.3, -0.25) is 4.79 Å². The highest BCUT2D eigenvalue weighted by Crippen LogP contribution is 2.16. The van der Waals surface area contributed by atoms with Crippen molar-refractivity contribution in [2.45, 2.75) is 6.42 Å². The molecule has 0 amide bonds. The van der Waals surface area contributed by atoms with Gasteiger partial charge in [-0.25, -0.2) is 4.39 Å². The number of carbonyl (C=O) groups excluding carboxylic acids is 1. The molecule has 0 fully saturated rings. The maximum atomic E-state index is 12.9. The van der Waals surface area contributed by atoms with Gasteiger partial charge in [-0.15, -0.1) is 0 Å². The summed E-state index contributed by atoms with van der Waals surface area (Å²) in [5, 5.41) is 2.99. The highest BCUT2D eigenvalue weighted by molar-refractivity contribution is 6.30. The van der Waals surface area contributed by atoms with E-state index in [0.717, 1.165) is 5.56 Å². The minimum Gasteiger partial charge on any atom is -0.383 e. The Hall–Kier alpha value is -0.970. The van der Waals surface area contributed by atoms with Gasteiger partial charge in [0.2, 0.25) is 0 Å². The third-order valence-corrected chi connectivity index (χ3v) is 2.48. The number of hydrogen-bond acceptors (Lipinski definition) is 3. The molecule has 0 spiro atoms. The third kappa shape index (κ3) is 5.26. The maximum absolute atomic E-state index is 12.9. The summed E-state index contributed by atoms with van der Waals surface area (Å²) in [6.45, 7) is 1.47. The second-order valence-electron chi connectivity index (χ2n) is 3.63. The minimum absolute atomic E-state index is 0.0313. The summed E-state index contributed by atoms with van der Waals surface area (Å²) in [4.78, 5) is 11.5. The van der Waals surface area contributed by atoms with Gasteiger partial charge in [0.15, 0.2) is 5.78 Å². The molecule has 1 aromatic carbocycles. The summed E-state index contributed by atoms with van der Waals surface area (Å²) in [6.07, 6.45) is 0.250. The van der Waals surface area contributed by atoms with E-state index in [2.05, 4.69) is 5.32 Å². The van der Waals surface area contributed by atoms with Gasteiger partial charge in [0, 0.05) is 20.1 Å². The molecule has 0 unspecified atom stereocenters. The summed E-state index contributed by atoms with van der Waals surface area (Å²) in [5.74, 6) is -0.440. The van der Waals surface area contributed by atoms with Crippen molar-refractivity contribution in [3.8, 4) is 0 Å². The highest BCUT2D eigenvalue weighted by Gasteiger charge is 2.06. The van der Waals surface area contributed by atoms with Gasteiger partial charge in [-0.1, -0.05) is 17.7 Å². The van der Waals surface area contributed by atoms with Gasteiger partial charge < -0.3 is 10.1 Å². The number of ether oxygens (including phenoxy) is 1. The molecule has 1 rings (SSSR count). The highest BCUT2D eigenvalue weighted by atomic mass is 35.5. The molecule has 0 radical (unpaired) electrons. The topological polar surface area (TPSA) is 38.3 Å². The van der Waals surface area contributed by atoms with Crippen LogP contribution in [0.3, 0.4) is 0 Å². The van der Waals surface area contributed by atoms with E-state index in [-0.39, 0.29) is 23.8 Å². The number of ketones is 1. The predicted molar refractivity (Wildman–Crippen MR) is 64.9 cm³/mol. The number of nitrogens with one attached hydrogen (secondary N) is 1. The van der Waals surface area contributed by atoms with Crippen molar-refractivity contribution in [3.05, 3.63) is 34.6 Å². The van der Waals surface area contributed by atoms with E-state index in [9.17, 15) is 9.18 Å². The number of methoxy groups -OCH3 is 1. The zero-order valence-corrected chi connectivity index (χ0v) is 10.4. The molecule has 0 aliphatic rings. The van der Waals surface area contributed by atoms with Crippen LogP contribution in [0.2, 0.25) is 5.02 Å². The van der Waals surface area contributed by atoms with E-state index >= 15 is 0 Å². The van der Waals surface area contributed by atoms with Crippen molar-refractivity contribution in [2.75, 3.05) is 26.8 Å². The Labute approximate surface area is 105 Å². The van der Waals surface area contributed by atoms with Crippen molar-refractivity contribution in [2.24, 2.45) is 0 Å². The number of halogens is 2. The summed E-state index contributed by atoms with van der Waals surface area (Å²) >= 11 is 5.62. The summed E-state index contributed by atoms with van der Waals surface area (Å²) in [7, 11) is 1.60. The van der Waals surface area contributed by atoms with E-state index in [1.165, 1.54) is 12.1 Å². The van der Waals surface area contributed by atoms with Crippen LogP contribution in [-0.4, -0.2) is 32.6 Å². The van der Waals surface area contributed by atoms with Crippen molar-refractivity contribution < 1.29 is 13.9 Å². The molecular formula is C12H15ClFNO2. The molecule has 0 saturated heterocycles. The first-order valence-corrected chi connectivity index (χ1v) is 5.66. The molecular weight excluding hydrogens is 245 g/mol. The number of carbonyl (C=O) groups is 1. The first-order valence-electron chi connectivity index (χ1n) is 5.28. The van der Waals surface area contributed by atoms with Crippen molar-refractivity contribution in [1.82, 2.24) is 5.32 Å². The smallest absolute Gasteiger partial charge is 0.150 e. The zero-order valence-electron chi connectivity index (χ0n) is 9.63. The lowest BCUT2D eigenvalue weighted by Crippen LogP contribution is -2.27. The van der Waals surface area contributed by atoms with Crippen LogP contribution in [0.25, 0.3) is 0 Å². The number of hydrogen-bond donors (Lipinski definition) is 1. The SMILES string of the molecule is COCCNCC(=O)Cc1ccc(F)c(Cl)c1. The molecule has 94 valence electrons. The zero-order chi connectivity index (χ0) is 12.7. The molecule has 1 N–H and O–H groups in total. The molecule has 3 nitrogen and oxygen atoms in total. The van der Waals surface area contributed by atoms with Gasteiger partial charge in [0.1, 0.15) is 5.82 Å². The Balaban J connectivity index is 2.37. The largest absolute Gasteiger partial charge is 0.383 e. The second kappa shape index (κ2) is 7.37. The summed E-state index contributed by atoms with van der Waals surface area (Å²) < 4.78 is 17.7. The normalized spacial score (nSPS) is 10.5. The maximum Gasteiger partial charge on any atom is 0.150 e. The molecule has 0 saturated carbocycles. The first kappa shape index (κ1) is 14.1. The molecule has 0 aliphatic heterocycles. The molecule has 17 heavy (non-hydrogen) atoms. The second-order valence-corrected chi connectivity index (χ2v) is 4.04. The van der Waals surface area contributed by atoms with Crippen molar-refractivity contribution >= 4 is 17.4 Å². The Morgan fingerprint density at radius 2 is 2.29 bits per heavy atom. The van der Waals surface area contributed by atoms with Crippen LogP contribution in [0, 0.1) is 5.82 Å². The van der Waals surface area contributed by atoms with E-state index in [1.54, 1.807) is 13.2 Å². The van der Waals surface area contributed by atoms with Crippen LogP contribution in [0.4, 0.5) is 4.39 Å². The van der Waals surface area contributed by atoms with Crippen molar-refractivity contribution in [3.63, 3.8) is 0 Å². The standard InChI is InChI=1S/C12H15ClFNO2/c1-17-5-4-15-8-10(16)6-9-2-3-12(14)11(13)7-9/h2-3,7,15H,4-6,8H2,1H3. The lowest BCUT2D eigenvalue weighted by Gasteiger charge is -2.04. The molecule has 0 aliphatic carbocycles. The monoisotopic (exact) mass is 259 g/mol. The molecule has 0 bridgehead atoms. The van der Waals surface area contributed by atoms with E-state index < -0.39 is 5.82 Å². The van der Waals surface area contributed by atoms with Crippen LogP contribution in [0.1, 0.15) is 5.56 Å². The number of rotatable bonds is 7. The van der Waals surface area contributed by atoms with Gasteiger partial charge in [-0.2, -0.15) is 0 Å². The average Bonchev–Trinajstić information content (AvgIpc) is 2.30. The lowest BCUT2D eigenvalue weighted by atomic mass is 10.1. The van der Waals surface area contributed by atoms with Gasteiger partial charge in [-0.05, 0) is 17.7 Å². The van der Waals surface area contributed by atoms with Crippen LogP contribution in [0.15, 0.2) is 18.2 Å². The van der Waals surface area contributed by atoms with Crippen LogP contribution in [-0.2, 0) is 16.0 Å². The molecule has 0 atom stereocenters. The van der Waals surface area contributed by atoms with E-state index in [0.29, 0.717) is 13.2 Å². The molecule has 0 aromatic heterocycles. The first-order chi connectivity index (χ1) is 8.13. The summed E-state index contributed by atoms with van der Waals surface area (Å²) in [6, 6.07) is 4.31. The van der Waals surface area contributed by atoms with E-state index in [1.807, 2.05) is 0 Å². The minimum atomic E-state index is -0.471. The molecule has 0 heterocycles. The number of Topliss-reactive ketones (excluding diaryl/α,β-unsaturated/α-hetero) is 1. The Bertz CT molecular complexity index is 385. The molecule has 1 aromatic rings. The van der Waals surface area contributed by atoms with Gasteiger partial charge in [0.25, 0.3) is 0 Å². The van der Waals surface area contributed by atoms with Crippen LogP contribution in [0.5, 0.6) is 0 Å². The Morgan fingerprint density at radius 3 is 2.94 bits per heavy atom. The van der Waals surface area contributed by atoms with Crippen LogP contribution < -0.4 is 5.32 Å². The molecule has 5 heteroatoms. The fourth-order valence-corrected chi connectivity index (χ4v) is 1.54. The fourth-order valence-electron chi connectivity index (χ4n) is 1.34.